The third-order valence-electron chi connectivity index (χ3n) is 4.45. The quantitative estimate of drug-likeness (QED) is 0.839. The molecule has 1 saturated heterocycles. The van der Waals surface area contributed by atoms with Crippen LogP contribution in [0, 0.1) is 12.8 Å². The first-order valence-electron chi connectivity index (χ1n) is 8.50. The second kappa shape index (κ2) is 7.42. The van der Waals surface area contributed by atoms with E-state index in [4.69, 9.17) is 5.11 Å². The monoisotopic (exact) mass is 380 g/mol. The average molecular weight is 380 g/mol. The highest BCUT2D eigenvalue weighted by Crippen LogP contribution is 2.31. The van der Waals surface area contributed by atoms with Crippen LogP contribution in [0.4, 0.5) is 30.5 Å². The van der Waals surface area contributed by atoms with Crippen LogP contribution in [-0.2, 0) is 11.0 Å². The normalized spacial score (nSPS) is 15.6. The molecule has 2 heterocycles. The lowest BCUT2D eigenvalue weighted by molar-refractivity contribution is -0.142. The molecule has 1 aromatic carbocycles. The fourth-order valence-corrected chi connectivity index (χ4v) is 3.05. The molecule has 0 radical (unpaired) electrons. The summed E-state index contributed by atoms with van der Waals surface area (Å²) in [5.74, 6) is 0.340. The van der Waals surface area contributed by atoms with Crippen LogP contribution in [-0.4, -0.2) is 34.1 Å². The summed E-state index contributed by atoms with van der Waals surface area (Å²) in [7, 11) is 0. The molecule has 0 saturated carbocycles. The Bertz CT molecular complexity index is 834. The van der Waals surface area contributed by atoms with Crippen LogP contribution in [0.25, 0.3) is 0 Å². The number of piperidine rings is 1. The van der Waals surface area contributed by atoms with Crippen molar-refractivity contribution in [3.8, 4) is 0 Å². The lowest BCUT2D eigenvalue weighted by Gasteiger charge is -2.31. The number of aliphatic carboxylic acids is 1. The van der Waals surface area contributed by atoms with Gasteiger partial charge in [-0.1, -0.05) is 6.07 Å². The van der Waals surface area contributed by atoms with Crippen LogP contribution in [0.1, 0.15) is 24.2 Å². The van der Waals surface area contributed by atoms with Gasteiger partial charge >= 0.3 is 12.1 Å². The maximum atomic E-state index is 12.9. The SMILES string of the molecule is Cc1nc(Nc2cccc(C(F)(F)F)c2)cc(N2CCC(C(=O)O)CC2)n1. The first-order chi connectivity index (χ1) is 12.7. The largest absolute Gasteiger partial charge is 0.481 e. The Kier molecular flexibility index (Phi) is 5.20. The molecule has 0 spiro atoms. The molecule has 0 atom stereocenters. The van der Waals surface area contributed by atoms with Crippen LogP contribution < -0.4 is 10.2 Å². The zero-order valence-corrected chi connectivity index (χ0v) is 14.6. The minimum Gasteiger partial charge on any atom is -0.481 e. The molecule has 9 heteroatoms. The van der Waals surface area contributed by atoms with E-state index in [1.807, 2.05) is 4.90 Å². The number of anilines is 3. The lowest BCUT2D eigenvalue weighted by Crippen LogP contribution is -2.36. The molecule has 27 heavy (non-hydrogen) atoms. The number of hydrogen-bond acceptors (Lipinski definition) is 5. The molecule has 1 aliphatic rings. The summed E-state index contributed by atoms with van der Waals surface area (Å²) in [5, 5.41) is 12.0. The van der Waals surface area contributed by atoms with Crippen molar-refractivity contribution < 1.29 is 23.1 Å². The van der Waals surface area contributed by atoms with Crippen molar-refractivity contribution in [2.24, 2.45) is 5.92 Å². The van der Waals surface area contributed by atoms with Crippen molar-refractivity contribution in [3.05, 3.63) is 41.7 Å². The predicted molar refractivity (Wildman–Crippen MR) is 94.1 cm³/mol. The number of carboxylic acid groups (broad SMARTS) is 1. The van der Waals surface area contributed by atoms with Gasteiger partial charge in [0.05, 0.1) is 11.5 Å². The number of aryl methyl sites for hydroxylation is 1. The number of nitrogens with one attached hydrogen (secondary N) is 1. The second-order valence-corrected chi connectivity index (χ2v) is 6.46. The molecule has 1 aliphatic heterocycles. The fraction of sp³-hybridized carbons (Fsp3) is 0.389. The molecule has 3 rings (SSSR count). The molecule has 0 amide bonds. The number of benzene rings is 1. The number of carbonyl (C=O) groups is 1. The maximum Gasteiger partial charge on any atom is 0.416 e. The van der Waals surface area contributed by atoms with Crippen molar-refractivity contribution >= 4 is 23.3 Å². The summed E-state index contributed by atoms with van der Waals surface area (Å²) in [6.07, 6.45) is -3.37. The Hall–Kier alpha value is -2.84. The Morgan fingerprint density at radius 3 is 2.56 bits per heavy atom. The smallest absolute Gasteiger partial charge is 0.416 e. The summed E-state index contributed by atoms with van der Waals surface area (Å²) >= 11 is 0. The van der Waals surface area contributed by atoms with Gasteiger partial charge in [-0.25, -0.2) is 9.97 Å². The van der Waals surface area contributed by atoms with Crippen molar-refractivity contribution in [2.45, 2.75) is 25.9 Å². The van der Waals surface area contributed by atoms with Gasteiger partial charge in [0.15, 0.2) is 0 Å². The standard InChI is InChI=1S/C18H19F3N4O2/c1-11-22-15(24-14-4-2-3-13(9-14)18(19,20)21)10-16(23-11)25-7-5-12(6-8-25)17(26)27/h2-4,9-10,12H,5-8H2,1H3,(H,26,27)(H,22,23,24). The van der Waals surface area contributed by atoms with Gasteiger partial charge < -0.3 is 15.3 Å². The van der Waals surface area contributed by atoms with Gasteiger partial charge in [-0.2, -0.15) is 13.2 Å². The number of carboxylic acids is 1. The molecule has 0 bridgehead atoms. The number of nitrogens with zero attached hydrogens (tertiary/aromatic N) is 3. The number of halogens is 3. The Morgan fingerprint density at radius 2 is 1.93 bits per heavy atom. The summed E-state index contributed by atoms with van der Waals surface area (Å²) in [6.45, 7) is 2.80. The van der Waals surface area contributed by atoms with Gasteiger partial charge in [-0.05, 0) is 38.0 Å². The highest BCUT2D eigenvalue weighted by atomic mass is 19.4. The van der Waals surface area contributed by atoms with E-state index in [0.29, 0.717) is 43.4 Å². The molecular formula is C18H19F3N4O2. The van der Waals surface area contributed by atoms with E-state index in [1.165, 1.54) is 12.1 Å². The summed E-state index contributed by atoms with van der Waals surface area (Å²) in [4.78, 5) is 21.6. The molecule has 6 nitrogen and oxygen atoms in total. The van der Waals surface area contributed by atoms with E-state index < -0.39 is 17.7 Å². The highest BCUT2D eigenvalue weighted by molar-refractivity contribution is 5.70. The molecule has 144 valence electrons. The van der Waals surface area contributed by atoms with Gasteiger partial charge in [-0.3, -0.25) is 4.79 Å². The molecular weight excluding hydrogens is 361 g/mol. The Labute approximate surface area is 154 Å². The highest BCUT2D eigenvalue weighted by Gasteiger charge is 2.30. The van der Waals surface area contributed by atoms with Crippen LogP contribution >= 0.6 is 0 Å². The molecule has 0 aliphatic carbocycles. The van der Waals surface area contributed by atoms with E-state index >= 15 is 0 Å². The van der Waals surface area contributed by atoms with Crippen molar-refractivity contribution in [3.63, 3.8) is 0 Å². The van der Waals surface area contributed by atoms with Crippen molar-refractivity contribution in [2.75, 3.05) is 23.3 Å². The van der Waals surface area contributed by atoms with E-state index in [0.717, 1.165) is 12.1 Å². The zero-order chi connectivity index (χ0) is 19.6. The molecule has 2 N–H and O–H groups in total. The number of hydrogen-bond donors (Lipinski definition) is 2. The van der Waals surface area contributed by atoms with Crippen LogP contribution in [0.15, 0.2) is 30.3 Å². The van der Waals surface area contributed by atoms with Crippen LogP contribution in [0.2, 0.25) is 0 Å². The van der Waals surface area contributed by atoms with Gasteiger partial charge in [0.1, 0.15) is 17.5 Å². The molecule has 1 fully saturated rings. The van der Waals surface area contributed by atoms with Crippen LogP contribution in [0.5, 0.6) is 0 Å². The summed E-state index contributed by atoms with van der Waals surface area (Å²) < 4.78 is 38.6. The fourth-order valence-electron chi connectivity index (χ4n) is 3.05. The average Bonchev–Trinajstić information content (AvgIpc) is 2.61. The maximum absolute atomic E-state index is 12.9. The molecule has 2 aromatic rings. The van der Waals surface area contributed by atoms with Crippen molar-refractivity contribution in [1.29, 1.82) is 0 Å². The minimum atomic E-state index is -4.42. The zero-order valence-electron chi connectivity index (χ0n) is 14.6. The van der Waals surface area contributed by atoms with Crippen LogP contribution in [0.3, 0.4) is 0 Å². The minimum absolute atomic E-state index is 0.276. The number of rotatable bonds is 4. The summed E-state index contributed by atoms with van der Waals surface area (Å²) in [6, 6.07) is 6.56. The number of alkyl halides is 3. The van der Waals surface area contributed by atoms with E-state index in [1.54, 1.807) is 13.0 Å². The summed E-state index contributed by atoms with van der Waals surface area (Å²) in [5.41, 5.74) is -0.465. The van der Waals surface area contributed by atoms with E-state index in [9.17, 15) is 18.0 Å². The molecule has 1 aromatic heterocycles. The Morgan fingerprint density at radius 1 is 1.22 bits per heavy atom. The molecule has 0 unspecified atom stereocenters. The third kappa shape index (κ3) is 4.66. The lowest BCUT2D eigenvalue weighted by atomic mass is 9.97. The topological polar surface area (TPSA) is 78.4 Å². The Balaban J connectivity index is 1.77. The van der Waals surface area contributed by atoms with Crippen molar-refractivity contribution in [1.82, 2.24) is 9.97 Å². The third-order valence-corrected chi connectivity index (χ3v) is 4.45. The predicted octanol–water partition coefficient (Wildman–Crippen LogP) is 3.85. The number of aromatic nitrogens is 2. The first kappa shape index (κ1) is 18.9. The van der Waals surface area contributed by atoms with E-state index in [-0.39, 0.29) is 11.6 Å². The first-order valence-corrected chi connectivity index (χ1v) is 8.50. The van der Waals surface area contributed by atoms with E-state index in [2.05, 4.69) is 15.3 Å². The van der Waals surface area contributed by atoms with Gasteiger partial charge in [0.25, 0.3) is 0 Å². The van der Waals surface area contributed by atoms with Gasteiger partial charge in [0.2, 0.25) is 0 Å². The second-order valence-electron chi connectivity index (χ2n) is 6.46. The van der Waals surface area contributed by atoms with Gasteiger partial charge in [-0.15, -0.1) is 0 Å². The van der Waals surface area contributed by atoms with Gasteiger partial charge in [0, 0.05) is 24.8 Å².